The first-order chi connectivity index (χ1) is 7.75. The van der Waals surface area contributed by atoms with E-state index in [0.29, 0.717) is 0 Å². The van der Waals surface area contributed by atoms with Gasteiger partial charge in [-0.05, 0) is 36.5 Å². The van der Waals surface area contributed by atoms with Crippen LogP contribution in [0.3, 0.4) is 0 Å². The van der Waals surface area contributed by atoms with Gasteiger partial charge in [0.25, 0.3) is 0 Å². The fraction of sp³-hybridized carbons (Fsp3) is 0.357. The van der Waals surface area contributed by atoms with Crippen molar-refractivity contribution in [2.45, 2.75) is 32.3 Å². The van der Waals surface area contributed by atoms with E-state index in [1.54, 1.807) is 0 Å². The monoisotopic (exact) mass is 216 g/mol. The van der Waals surface area contributed by atoms with Crippen molar-refractivity contribution in [3.05, 3.63) is 42.0 Å². The van der Waals surface area contributed by atoms with E-state index in [9.17, 15) is 4.79 Å². The number of allylic oxidation sites excluding steroid dienone is 1. The summed E-state index contributed by atoms with van der Waals surface area (Å²) < 4.78 is 5.23. The number of rotatable bonds is 2. The van der Waals surface area contributed by atoms with Crippen LogP contribution in [0.1, 0.15) is 31.7 Å². The Kier molecular flexibility index (Phi) is 3.40. The highest BCUT2D eigenvalue weighted by molar-refractivity contribution is 5.69. The molecule has 0 aromatic heterocycles. The standard InChI is InChI=1S/C14H16O2/c1-11(15)16-14-9-5-8-13(10-14)12-6-3-2-4-7-12/h2-4,6-7,10,14H,5,8-9H2,1H3/t14-/m1/s1. The second kappa shape index (κ2) is 4.97. The number of carbonyl (C=O) groups excluding carboxylic acids is 1. The molecule has 2 rings (SSSR count). The van der Waals surface area contributed by atoms with Gasteiger partial charge in [-0.15, -0.1) is 0 Å². The molecular formula is C14H16O2. The minimum absolute atomic E-state index is 0.0403. The zero-order valence-corrected chi connectivity index (χ0v) is 9.48. The van der Waals surface area contributed by atoms with E-state index in [0.717, 1.165) is 19.3 Å². The second-order valence-electron chi connectivity index (χ2n) is 4.10. The van der Waals surface area contributed by atoms with Crippen molar-refractivity contribution in [1.29, 1.82) is 0 Å². The molecule has 1 aromatic rings. The highest BCUT2D eigenvalue weighted by atomic mass is 16.5. The molecule has 0 N–H and O–H groups in total. The van der Waals surface area contributed by atoms with Crippen LogP contribution in [0.2, 0.25) is 0 Å². The lowest BCUT2D eigenvalue weighted by atomic mass is 9.92. The van der Waals surface area contributed by atoms with Crippen molar-refractivity contribution in [3.8, 4) is 0 Å². The summed E-state index contributed by atoms with van der Waals surface area (Å²) in [6.07, 6.45) is 5.14. The van der Waals surface area contributed by atoms with E-state index in [2.05, 4.69) is 18.2 Å². The van der Waals surface area contributed by atoms with Crippen LogP contribution in [-0.2, 0) is 9.53 Å². The van der Waals surface area contributed by atoms with Gasteiger partial charge >= 0.3 is 5.97 Å². The molecule has 0 saturated heterocycles. The van der Waals surface area contributed by atoms with Crippen molar-refractivity contribution in [3.63, 3.8) is 0 Å². The highest BCUT2D eigenvalue weighted by Gasteiger charge is 2.16. The summed E-state index contributed by atoms with van der Waals surface area (Å²) >= 11 is 0. The molecule has 16 heavy (non-hydrogen) atoms. The molecular weight excluding hydrogens is 200 g/mol. The lowest BCUT2D eigenvalue weighted by molar-refractivity contribution is -0.144. The topological polar surface area (TPSA) is 26.3 Å². The fourth-order valence-electron chi connectivity index (χ4n) is 2.08. The Bertz CT molecular complexity index is 392. The van der Waals surface area contributed by atoms with Gasteiger partial charge in [0, 0.05) is 6.92 Å². The van der Waals surface area contributed by atoms with Crippen molar-refractivity contribution in [1.82, 2.24) is 0 Å². The van der Waals surface area contributed by atoms with Crippen LogP contribution < -0.4 is 0 Å². The molecule has 0 fully saturated rings. The molecule has 2 nitrogen and oxygen atoms in total. The molecule has 84 valence electrons. The number of ether oxygens (including phenoxy) is 1. The number of esters is 1. The molecule has 2 heteroatoms. The fourth-order valence-corrected chi connectivity index (χ4v) is 2.08. The largest absolute Gasteiger partial charge is 0.458 e. The quantitative estimate of drug-likeness (QED) is 0.710. The number of hydrogen-bond acceptors (Lipinski definition) is 2. The average Bonchev–Trinajstić information content (AvgIpc) is 2.30. The van der Waals surface area contributed by atoms with Crippen LogP contribution in [-0.4, -0.2) is 12.1 Å². The van der Waals surface area contributed by atoms with Gasteiger partial charge in [-0.1, -0.05) is 30.3 Å². The summed E-state index contributed by atoms with van der Waals surface area (Å²) in [5.41, 5.74) is 2.53. The van der Waals surface area contributed by atoms with Gasteiger partial charge in [0.15, 0.2) is 0 Å². The summed E-state index contributed by atoms with van der Waals surface area (Å²) in [5, 5.41) is 0. The molecule has 0 saturated carbocycles. The number of benzene rings is 1. The van der Waals surface area contributed by atoms with Gasteiger partial charge in [-0.25, -0.2) is 0 Å². The van der Waals surface area contributed by atoms with Crippen molar-refractivity contribution >= 4 is 11.5 Å². The van der Waals surface area contributed by atoms with Crippen LogP contribution >= 0.6 is 0 Å². The zero-order valence-electron chi connectivity index (χ0n) is 9.48. The van der Waals surface area contributed by atoms with Crippen molar-refractivity contribution in [2.24, 2.45) is 0 Å². The van der Waals surface area contributed by atoms with E-state index >= 15 is 0 Å². The molecule has 0 radical (unpaired) electrons. The van der Waals surface area contributed by atoms with Crippen LogP contribution in [0.15, 0.2) is 36.4 Å². The van der Waals surface area contributed by atoms with Crippen LogP contribution in [0.4, 0.5) is 0 Å². The van der Waals surface area contributed by atoms with Crippen molar-refractivity contribution in [2.75, 3.05) is 0 Å². The summed E-state index contributed by atoms with van der Waals surface area (Å²) in [7, 11) is 0. The lowest BCUT2D eigenvalue weighted by Crippen LogP contribution is -2.17. The van der Waals surface area contributed by atoms with Crippen LogP contribution in [0.5, 0.6) is 0 Å². The van der Waals surface area contributed by atoms with Gasteiger partial charge in [0.2, 0.25) is 0 Å². The van der Waals surface area contributed by atoms with E-state index < -0.39 is 0 Å². The second-order valence-corrected chi connectivity index (χ2v) is 4.10. The Labute approximate surface area is 95.9 Å². The third-order valence-corrected chi connectivity index (χ3v) is 2.78. The molecule has 0 amide bonds. The molecule has 0 bridgehead atoms. The number of carbonyl (C=O) groups is 1. The predicted molar refractivity (Wildman–Crippen MR) is 63.8 cm³/mol. The maximum atomic E-state index is 10.9. The van der Waals surface area contributed by atoms with Gasteiger partial charge in [-0.2, -0.15) is 0 Å². The molecule has 1 aromatic carbocycles. The Morgan fingerprint density at radius 1 is 1.31 bits per heavy atom. The summed E-state index contributed by atoms with van der Waals surface area (Å²) in [4.78, 5) is 10.9. The Morgan fingerprint density at radius 2 is 2.06 bits per heavy atom. The smallest absolute Gasteiger partial charge is 0.303 e. The maximum absolute atomic E-state index is 10.9. The molecule has 0 unspecified atom stereocenters. The minimum atomic E-state index is -0.199. The average molecular weight is 216 g/mol. The third-order valence-electron chi connectivity index (χ3n) is 2.78. The Hall–Kier alpha value is -1.57. The van der Waals surface area contributed by atoms with Gasteiger partial charge in [0.1, 0.15) is 6.10 Å². The predicted octanol–water partition coefficient (Wildman–Crippen LogP) is 3.19. The van der Waals surface area contributed by atoms with E-state index in [1.807, 2.05) is 18.2 Å². The molecule has 1 aliphatic carbocycles. The maximum Gasteiger partial charge on any atom is 0.303 e. The molecule has 0 spiro atoms. The van der Waals surface area contributed by atoms with Crippen LogP contribution in [0.25, 0.3) is 5.57 Å². The summed E-state index contributed by atoms with van der Waals surface area (Å²) in [5.74, 6) is -0.199. The van der Waals surface area contributed by atoms with Crippen molar-refractivity contribution < 1.29 is 9.53 Å². The Balaban J connectivity index is 2.15. The Morgan fingerprint density at radius 3 is 2.75 bits per heavy atom. The SMILES string of the molecule is CC(=O)O[C@H]1C=C(c2ccccc2)CCC1. The highest BCUT2D eigenvalue weighted by Crippen LogP contribution is 2.27. The van der Waals surface area contributed by atoms with E-state index in [4.69, 9.17) is 4.74 Å². The van der Waals surface area contributed by atoms with Gasteiger partial charge < -0.3 is 4.74 Å². The summed E-state index contributed by atoms with van der Waals surface area (Å²) in [6, 6.07) is 10.3. The molecule has 1 aliphatic rings. The molecule has 0 heterocycles. The van der Waals surface area contributed by atoms with Gasteiger partial charge in [0.05, 0.1) is 0 Å². The van der Waals surface area contributed by atoms with E-state index in [-0.39, 0.29) is 12.1 Å². The third kappa shape index (κ3) is 2.72. The summed E-state index contributed by atoms with van der Waals surface area (Å²) in [6.45, 7) is 1.46. The van der Waals surface area contributed by atoms with Gasteiger partial charge in [-0.3, -0.25) is 4.79 Å². The first-order valence-corrected chi connectivity index (χ1v) is 5.69. The molecule has 0 aliphatic heterocycles. The number of hydrogen-bond donors (Lipinski definition) is 0. The molecule has 1 atom stereocenters. The minimum Gasteiger partial charge on any atom is -0.458 e. The zero-order chi connectivity index (χ0) is 11.4. The first kappa shape index (κ1) is 10.9. The lowest BCUT2D eigenvalue weighted by Gasteiger charge is -2.21. The van der Waals surface area contributed by atoms with Crippen LogP contribution in [0, 0.1) is 0 Å². The van der Waals surface area contributed by atoms with E-state index in [1.165, 1.54) is 18.1 Å². The normalized spacial score (nSPS) is 20.1. The first-order valence-electron chi connectivity index (χ1n) is 5.69.